The first-order valence-electron chi connectivity index (χ1n) is 15.9. The molecular formula is C37H36I2N2O8S. The maximum atomic E-state index is 14.2. The molecular weight excluding hydrogens is 886 g/mol. The highest BCUT2D eigenvalue weighted by Crippen LogP contribution is 2.37. The van der Waals surface area contributed by atoms with Gasteiger partial charge in [0.15, 0.2) is 16.3 Å². The Hall–Kier alpha value is -3.70. The minimum atomic E-state index is -0.795. The second-order valence-electron chi connectivity index (χ2n) is 11.4. The lowest BCUT2D eigenvalue weighted by molar-refractivity contribution is -0.139. The zero-order chi connectivity index (χ0) is 36.1. The van der Waals surface area contributed by atoms with Gasteiger partial charge in [-0.1, -0.05) is 29.5 Å². The fourth-order valence-electron chi connectivity index (χ4n) is 5.37. The van der Waals surface area contributed by atoms with E-state index < -0.39 is 12.0 Å². The second-order valence-corrected chi connectivity index (χ2v) is 14.7. The number of carbonyl (C=O) groups excluding carboxylic acids is 2. The summed E-state index contributed by atoms with van der Waals surface area (Å²) in [5.74, 6) is 0.858. The second kappa shape index (κ2) is 16.5. The molecule has 0 unspecified atom stereocenters. The van der Waals surface area contributed by atoms with Gasteiger partial charge in [0.1, 0.15) is 12.4 Å². The molecule has 3 aromatic carbocycles. The predicted octanol–water partition coefficient (Wildman–Crippen LogP) is 6.56. The molecule has 0 amide bonds. The Morgan fingerprint density at radius 3 is 2.24 bits per heavy atom. The topological polar surface area (TPSA) is 115 Å². The Kier molecular flexibility index (Phi) is 12.4. The molecule has 1 atom stereocenters. The van der Waals surface area contributed by atoms with Gasteiger partial charge in [-0.15, -0.1) is 0 Å². The van der Waals surface area contributed by atoms with Crippen LogP contribution in [-0.4, -0.2) is 42.9 Å². The molecule has 0 bridgehead atoms. The molecule has 0 saturated heterocycles. The molecule has 13 heteroatoms. The summed E-state index contributed by atoms with van der Waals surface area (Å²) in [7, 11) is 1.55. The Bertz CT molecular complexity index is 2110. The molecule has 10 nitrogen and oxygen atoms in total. The Labute approximate surface area is 321 Å². The number of hydrogen-bond donors (Lipinski definition) is 0. The first-order valence-corrected chi connectivity index (χ1v) is 18.8. The monoisotopic (exact) mass is 922 g/mol. The van der Waals surface area contributed by atoms with Gasteiger partial charge < -0.3 is 23.7 Å². The molecule has 0 spiro atoms. The van der Waals surface area contributed by atoms with E-state index in [9.17, 15) is 14.4 Å². The highest BCUT2D eigenvalue weighted by atomic mass is 127. The van der Waals surface area contributed by atoms with Crippen LogP contribution in [0.1, 0.15) is 67.7 Å². The van der Waals surface area contributed by atoms with Crippen LogP contribution in [0.3, 0.4) is 0 Å². The van der Waals surface area contributed by atoms with Gasteiger partial charge in [0, 0.05) is 0 Å². The number of nitrogens with zero attached hydrogens (tertiary/aromatic N) is 2. The number of fused-ring (bicyclic) bond motifs is 1. The van der Waals surface area contributed by atoms with Crippen LogP contribution in [0, 0.1) is 7.14 Å². The first-order chi connectivity index (χ1) is 23.9. The van der Waals surface area contributed by atoms with Crippen molar-refractivity contribution in [2.24, 2.45) is 4.99 Å². The summed E-state index contributed by atoms with van der Waals surface area (Å²) in [6, 6.07) is 15.6. The molecule has 2 heterocycles. The molecule has 1 aliphatic heterocycles. The van der Waals surface area contributed by atoms with Crippen LogP contribution in [-0.2, 0) is 20.9 Å². The quantitative estimate of drug-likeness (QED) is 0.116. The highest BCUT2D eigenvalue weighted by molar-refractivity contribution is 14.1. The zero-order valence-corrected chi connectivity index (χ0v) is 33.5. The minimum Gasteiger partial charge on any atom is -0.493 e. The largest absolute Gasteiger partial charge is 0.493 e. The standard InChI is InChI=1S/C37H36I2N2O8S/c1-7-46-35(43)24-11-9-22(10-12-24)19-48-33-26(38)15-23(16-27(33)39)17-30-34(42)41-32(25-13-14-28(49-20(3)4)29(18-25)45-6)31(36(44)47-8-2)21(5)40-37(41)50-30/h9-18,20,32H,7-8,19H2,1-6H3/b30-17+/t32-/m0/s1. The number of ether oxygens (including phenoxy) is 5. The van der Waals surface area contributed by atoms with E-state index in [-0.39, 0.29) is 29.8 Å². The summed E-state index contributed by atoms with van der Waals surface area (Å²) in [4.78, 5) is 44.7. The van der Waals surface area contributed by atoms with Gasteiger partial charge in [-0.05, 0) is 139 Å². The molecule has 0 saturated carbocycles. The van der Waals surface area contributed by atoms with Crippen LogP contribution in [0.25, 0.3) is 6.08 Å². The van der Waals surface area contributed by atoms with Crippen LogP contribution in [0.2, 0.25) is 0 Å². The van der Waals surface area contributed by atoms with Crippen molar-refractivity contribution < 1.29 is 33.3 Å². The zero-order valence-electron chi connectivity index (χ0n) is 28.4. The van der Waals surface area contributed by atoms with E-state index in [0.717, 1.165) is 18.3 Å². The molecule has 50 heavy (non-hydrogen) atoms. The third kappa shape index (κ3) is 8.26. The number of allylic oxidation sites excluding steroid dienone is 1. The number of methoxy groups -OCH3 is 1. The first kappa shape index (κ1) is 37.6. The highest BCUT2D eigenvalue weighted by Gasteiger charge is 2.34. The van der Waals surface area contributed by atoms with Gasteiger partial charge in [-0.3, -0.25) is 9.36 Å². The normalized spacial score (nSPS) is 14.3. The van der Waals surface area contributed by atoms with Gasteiger partial charge >= 0.3 is 11.9 Å². The van der Waals surface area contributed by atoms with Crippen molar-refractivity contribution in [2.45, 2.75) is 53.4 Å². The van der Waals surface area contributed by atoms with Crippen molar-refractivity contribution in [1.29, 1.82) is 0 Å². The molecule has 0 fully saturated rings. The lowest BCUT2D eigenvalue weighted by Gasteiger charge is -2.25. The van der Waals surface area contributed by atoms with Crippen LogP contribution >= 0.6 is 56.5 Å². The number of aromatic nitrogens is 1. The van der Waals surface area contributed by atoms with E-state index >= 15 is 0 Å². The van der Waals surface area contributed by atoms with E-state index in [0.29, 0.717) is 56.6 Å². The van der Waals surface area contributed by atoms with Crippen molar-refractivity contribution in [3.63, 3.8) is 0 Å². The van der Waals surface area contributed by atoms with Crippen molar-refractivity contribution in [3.8, 4) is 17.2 Å². The Balaban J connectivity index is 1.50. The van der Waals surface area contributed by atoms with Crippen molar-refractivity contribution in [3.05, 3.63) is 115 Å². The number of benzene rings is 3. The average molecular weight is 923 g/mol. The maximum Gasteiger partial charge on any atom is 0.338 e. The third-order valence-corrected chi connectivity index (χ3v) is 10.1. The maximum absolute atomic E-state index is 14.2. The summed E-state index contributed by atoms with van der Waals surface area (Å²) in [6.07, 6.45) is 1.75. The molecule has 0 N–H and O–H groups in total. The smallest absolute Gasteiger partial charge is 0.338 e. The number of hydrogen-bond acceptors (Lipinski definition) is 10. The molecule has 0 radical (unpaired) electrons. The lowest BCUT2D eigenvalue weighted by atomic mass is 9.95. The molecule has 262 valence electrons. The number of thiazole rings is 1. The molecule has 0 aliphatic carbocycles. The SMILES string of the molecule is CCOC(=O)C1=C(C)N=c2s/c(=C/c3cc(I)c(OCc4ccc(C(=O)OCC)cc4)c(I)c3)c(=O)n2[C@H]1c1ccc(OC(C)C)c(OC)c1. The predicted molar refractivity (Wildman–Crippen MR) is 208 cm³/mol. The number of halogens is 2. The fourth-order valence-corrected chi connectivity index (χ4v) is 8.55. The lowest BCUT2D eigenvalue weighted by Crippen LogP contribution is -2.40. The van der Waals surface area contributed by atoms with Gasteiger partial charge in [-0.25, -0.2) is 14.6 Å². The van der Waals surface area contributed by atoms with E-state index in [2.05, 4.69) is 45.2 Å². The van der Waals surface area contributed by atoms with Crippen LogP contribution < -0.4 is 29.1 Å². The molecule has 1 aliphatic rings. The number of carbonyl (C=O) groups is 2. The summed E-state index contributed by atoms with van der Waals surface area (Å²) in [6.45, 7) is 9.92. The van der Waals surface area contributed by atoms with Gasteiger partial charge in [-0.2, -0.15) is 0 Å². The molecule has 1 aromatic heterocycles. The average Bonchev–Trinajstić information content (AvgIpc) is 3.37. The van der Waals surface area contributed by atoms with Gasteiger partial charge in [0.2, 0.25) is 0 Å². The summed E-state index contributed by atoms with van der Waals surface area (Å²) in [5.41, 5.74) is 3.33. The Morgan fingerprint density at radius 1 is 0.960 bits per heavy atom. The van der Waals surface area contributed by atoms with Crippen molar-refractivity contribution in [2.75, 3.05) is 20.3 Å². The van der Waals surface area contributed by atoms with Crippen molar-refractivity contribution in [1.82, 2.24) is 4.57 Å². The summed E-state index contributed by atoms with van der Waals surface area (Å²) < 4.78 is 32.0. The van der Waals surface area contributed by atoms with Gasteiger partial charge in [0.05, 0.1) is 61.0 Å². The number of rotatable bonds is 12. The third-order valence-electron chi connectivity index (χ3n) is 7.55. The van der Waals surface area contributed by atoms with Gasteiger partial charge in [0.25, 0.3) is 5.56 Å². The van der Waals surface area contributed by atoms with Crippen LogP contribution in [0.4, 0.5) is 0 Å². The van der Waals surface area contributed by atoms with Crippen LogP contribution in [0.15, 0.2) is 75.7 Å². The van der Waals surface area contributed by atoms with E-state index in [4.69, 9.17) is 28.7 Å². The minimum absolute atomic E-state index is 0.0760. The van der Waals surface area contributed by atoms with E-state index in [1.165, 1.54) is 11.3 Å². The molecule has 5 rings (SSSR count). The van der Waals surface area contributed by atoms with E-state index in [1.54, 1.807) is 56.7 Å². The number of esters is 2. The van der Waals surface area contributed by atoms with Crippen LogP contribution in [0.5, 0.6) is 17.2 Å². The summed E-state index contributed by atoms with van der Waals surface area (Å²) >= 11 is 5.70. The van der Waals surface area contributed by atoms with E-state index in [1.807, 2.05) is 50.3 Å². The molecule has 4 aromatic rings. The summed E-state index contributed by atoms with van der Waals surface area (Å²) in [5, 5.41) is 0. The fraction of sp³-hybridized carbons (Fsp3) is 0.297. The van der Waals surface area contributed by atoms with Crippen molar-refractivity contribution >= 4 is 74.5 Å². The Morgan fingerprint density at radius 2 is 1.62 bits per heavy atom.